The molecule has 2 atom stereocenters. The van der Waals surface area contributed by atoms with Crippen molar-refractivity contribution in [3.05, 3.63) is 35.4 Å². The monoisotopic (exact) mass is 191 g/mol. The fourth-order valence-electron chi connectivity index (χ4n) is 2.24. The number of ether oxygens (including phenoxy) is 1. The zero-order chi connectivity index (χ0) is 9.97. The first-order valence-electron chi connectivity index (χ1n) is 5.11. The van der Waals surface area contributed by atoms with Gasteiger partial charge in [0.15, 0.2) is 0 Å². The van der Waals surface area contributed by atoms with Crippen molar-refractivity contribution in [2.75, 3.05) is 20.8 Å². The average Bonchev–Trinajstić information content (AvgIpc) is 2.18. The molecule has 1 aliphatic carbocycles. The third-order valence-electron chi connectivity index (χ3n) is 3.10. The third kappa shape index (κ3) is 1.56. The van der Waals surface area contributed by atoms with Crippen LogP contribution in [0.4, 0.5) is 0 Å². The lowest BCUT2D eigenvalue weighted by molar-refractivity contribution is 0.154. The van der Waals surface area contributed by atoms with Gasteiger partial charge in [-0.15, -0.1) is 0 Å². The first-order valence-corrected chi connectivity index (χ1v) is 5.11. The van der Waals surface area contributed by atoms with Crippen molar-refractivity contribution in [2.45, 2.75) is 18.4 Å². The number of hydrogen-bond donors (Lipinski definition) is 1. The Bertz CT molecular complexity index is 311. The number of nitrogens with one attached hydrogen (secondary N) is 1. The van der Waals surface area contributed by atoms with E-state index in [0.717, 1.165) is 6.61 Å². The molecule has 14 heavy (non-hydrogen) atoms. The fourth-order valence-corrected chi connectivity index (χ4v) is 2.24. The Balaban J connectivity index is 2.09. The van der Waals surface area contributed by atoms with Crippen molar-refractivity contribution in [3.8, 4) is 0 Å². The maximum atomic E-state index is 5.20. The summed E-state index contributed by atoms with van der Waals surface area (Å²) in [5.74, 6) is 0.635. The molecule has 0 saturated carbocycles. The topological polar surface area (TPSA) is 21.3 Å². The van der Waals surface area contributed by atoms with Gasteiger partial charge in [-0.3, -0.25) is 0 Å². The highest BCUT2D eigenvalue weighted by Crippen LogP contribution is 2.37. The van der Waals surface area contributed by atoms with Gasteiger partial charge in [-0.25, -0.2) is 0 Å². The van der Waals surface area contributed by atoms with E-state index in [1.807, 2.05) is 7.05 Å². The summed E-state index contributed by atoms with van der Waals surface area (Å²) in [6.07, 6.45) is 1.19. The van der Waals surface area contributed by atoms with Crippen LogP contribution in [0.15, 0.2) is 24.3 Å². The largest absolute Gasteiger partial charge is 0.383 e. The van der Waals surface area contributed by atoms with E-state index in [1.54, 1.807) is 7.11 Å². The highest BCUT2D eigenvalue weighted by Gasteiger charge is 2.31. The van der Waals surface area contributed by atoms with Gasteiger partial charge in [0.1, 0.15) is 0 Å². The van der Waals surface area contributed by atoms with Gasteiger partial charge >= 0.3 is 0 Å². The van der Waals surface area contributed by atoms with Gasteiger partial charge in [-0.2, -0.15) is 0 Å². The number of benzene rings is 1. The Morgan fingerprint density at radius 2 is 2.29 bits per heavy atom. The first kappa shape index (κ1) is 9.69. The molecule has 0 saturated heterocycles. The standard InChI is InChI=1S/C12H17NO/c1-13-12(8-14-2)11-7-9-5-3-4-6-10(9)11/h3-6,11-13H,7-8H2,1-2H3. The van der Waals surface area contributed by atoms with Gasteiger partial charge in [0.25, 0.3) is 0 Å². The SMILES string of the molecule is CNC(COC)C1Cc2ccccc21. The molecular formula is C12H17NO. The molecule has 0 spiro atoms. The van der Waals surface area contributed by atoms with Crippen molar-refractivity contribution in [1.29, 1.82) is 0 Å². The summed E-state index contributed by atoms with van der Waals surface area (Å²) in [7, 11) is 3.76. The summed E-state index contributed by atoms with van der Waals surface area (Å²) in [5.41, 5.74) is 2.98. The van der Waals surface area contributed by atoms with Crippen LogP contribution < -0.4 is 5.32 Å². The zero-order valence-corrected chi connectivity index (χ0v) is 8.79. The Labute approximate surface area is 85.3 Å². The van der Waals surface area contributed by atoms with Crippen LogP contribution in [0.25, 0.3) is 0 Å². The average molecular weight is 191 g/mol. The Hall–Kier alpha value is -0.860. The van der Waals surface area contributed by atoms with Gasteiger partial charge in [-0.1, -0.05) is 24.3 Å². The van der Waals surface area contributed by atoms with Crippen LogP contribution in [0.5, 0.6) is 0 Å². The minimum atomic E-state index is 0.454. The number of fused-ring (bicyclic) bond motifs is 1. The lowest BCUT2D eigenvalue weighted by Crippen LogP contribution is -2.41. The second-order valence-electron chi connectivity index (χ2n) is 3.86. The Morgan fingerprint density at radius 1 is 1.50 bits per heavy atom. The maximum Gasteiger partial charge on any atom is 0.0621 e. The second-order valence-corrected chi connectivity index (χ2v) is 3.86. The van der Waals surface area contributed by atoms with Crippen molar-refractivity contribution in [1.82, 2.24) is 5.32 Å². The van der Waals surface area contributed by atoms with Crippen molar-refractivity contribution >= 4 is 0 Å². The van der Waals surface area contributed by atoms with E-state index in [9.17, 15) is 0 Å². The van der Waals surface area contributed by atoms with Crippen LogP contribution in [-0.2, 0) is 11.2 Å². The molecule has 1 aromatic carbocycles. The molecule has 2 nitrogen and oxygen atoms in total. The van der Waals surface area contributed by atoms with E-state index < -0.39 is 0 Å². The van der Waals surface area contributed by atoms with Crippen LogP contribution in [0.2, 0.25) is 0 Å². The van der Waals surface area contributed by atoms with Gasteiger partial charge in [0, 0.05) is 19.1 Å². The molecule has 2 unspecified atom stereocenters. The molecule has 2 rings (SSSR count). The lowest BCUT2D eigenvalue weighted by atomic mass is 9.73. The van der Waals surface area contributed by atoms with Crippen LogP contribution in [0.3, 0.4) is 0 Å². The highest BCUT2D eigenvalue weighted by atomic mass is 16.5. The molecule has 1 aromatic rings. The summed E-state index contributed by atoms with van der Waals surface area (Å²) in [6, 6.07) is 9.12. The van der Waals surface area contributed by atoms with Gasteiger partial charge in [-0.05, 0) is 24.6 Å². The fraction of sp³-hybridized carbons (Fsp3) is 0.500. The van der Waals surface area contributed by atoms with E-state index in [1.165, 1.54) is 17.5 Å². The van der Waals surface area contributed by atoms with Crippen molar-refractivity contribution in [3.63, 3.8) is 0 Å². The molecule has 0 amide bonds. The quantitative estimate of drug-likeness (QED) is 0.780. The molecule has 0 aromatic heterocycles. The molecular weight excluding hydrogens is 174 g/mol. The van der Waals surface area contributed by atoms with E-state index in [4.69, 9.17) is 4.74 Å². The van der Waals surface area contributed by atoms with E-state index in [0.29, 0.717) is 12.0 Å². The van der Waals surface area contributed by atoms with E-state index >= 15 is 0 Å². The number of likely N-dealkylation sites (N-methyl/N-ethyl adjacent to an activating group) is 1. The molecule has 2 heteroatoms. The number of hydrogen-bond acceptors (Lipinski definition) is 2. The Kier molecular flexibility index (Phi) is 2.85. The predicted octanol–water partition coefficient (Wildman–Crippen LogP) is 1.56. The molecule has 1 N–H and O–H groups in total. The lowest BCUT2D eigenvalue weighted by Gasteiger charge is -2.36. The molecule has 0 heterocycles. The molecule has 0 fully saturated rings. The van der Waals surface area contributed by atoms with E-state index in [2.05, 4.69) is 29.6 Å². The summed E-state index contributed by atoms with van der Waals surface area (Å²) >= 11 is 0. The van der Waals surface area contributed by atoms with Crippen molar-refractivity contribution in [2.24, 2.45) is 0 Å². The summed E-state index contributed by atoms with van der Waals surface area (Å²) in [5, 5.41) is 3.32. The summed E-state index contributed by atoms with van der Waals surface area (Å²) in [4.78, 5) is 0. The summed E-state index contributed by atoms with van der Waals surface area (Å²) < 4.78 is 5.20. The van der Waals surface area contributed by atoms with Gasteiger partial charge in [0.05, 0.1) is 6.61 Å². The molecule has 0 radical (unpaired) electrons. The number of rotatable bonds is 4. The predicted molar refractivity (Wildman–Crippen MR) is 57.6 cm³/mol. The maximum absolute atomic E-state index is 5.20. The minimum absolute atomic E-state index is 0.454. The van der Waals surface area contributed by atoms with Crippen LogP contribution >= 0.6 is 0 Å². The molecule has 0 bridgehead atoms. The van der Waals surface area contributed by atoms with E-state index in [-0.39, 0.29) is 0 Å². The zero-order valence-electron chi connectivity index (χ0n) is 8.79. The first-order chi connectivity index (χ1) is 6.86. The smallest absolute Gasteiger partial charge is 0.0621 e. The van der Waals surface area contributed by atoms with Gasteiger partial charge in [0.2, 0.25) is 0 Å². The molecule has 0 aliphatic heterocycles. The normalized spacial score (nSPS) is 21.1. The third-order valence-corrected chi connectivity index (χ3v) is 3.10. The highest BCUT2D eigenvalue weighted by molar-refractivity contribution is 5.41. The minimum Gasteiger partial charge on any atom is -0.383 e. The van der Waals surface area contributed by atoms with Crippen molar-refractivity contribution < 1.29 is 4.74 Å². The summed E-state index contributed by atoms with van der Waals surface area (Å²) in [6.45, 7) is 0.787. The second kappa shape index (κ2) is 4.11. The molecule has 76 valence electrons. The van der Waals surface area contributed by atoms with Crippen LogP contribution in [0.1, 0.15) is 17.0 Å². The van der Waals surface area contributed by atoms with Gasteiger partial charge < -0.3 is 10.1 Å². The molecule has 1 aliphatic rings. The van der Waals surface area contributed by atoms with Crippen LogP contribution in [-0.4, -0.2) is 26.8 Å². The Morgan fingerprint density at radius 3 is 2.93 bits per heavy atom. The number of methoxy groups -OCH3 is 1. The van der Waals surface area contributed by atoms with Crippen LogP contribution in [0, 0.1) is 0 Å².